The highest BCUT2D eigenvalue weighted by atomic mass is 16.5. The summed E-state index contributed by atoms with van der Waals surface area (Å²) in [6.07, 6.45) is 0.557. The maximum absolute atomic E-state index is 11.0. The largest absolute Gasteiger partial charge is 0.380 e. The SMILES string of the molecule is CCC(=O)NCC1CNCCOC1. The summed E-state index contributed by atoms with van der Waals surface area (Å²) in [6, 6.07) is 0. The minimum absolute atomic E-state index is 0.115. The van der Waals surface area contributed by atoms with Crippen LogP contribution in [0.4, 0.5) is 0 Å². The summed E-state index contributed by atoms with van der Waals surface area (Å²) < 4.78 is 5.36. The van der Waals surface area contributed by atoms with Gasteiger partial charge in [0.25, 0.3) is 0 Å². The molecule has 0 aliphatic carbocycles. The summed E-state index contributed by atoms with van der Waals surface area (Å²) in [5.41, 5.74) is 0. The van der Waals surface area contributed by atoms with Crippen molar-refractivity contribution in [2.75, 3.05) is 32.8 Å². The Hall–Kier alpha value is -0.610. The van der Waals surface area contributed by atoms with Crippen molar-refractivity contribution in [2.24, 2.45) is 5.92 Å². The standard InChI is InChI=1S/C9H18N2O2/c1-2-9(12)11-6-8-5-10-3-4-13-7-8/h8,10H,2-7H2,1H3,(H,11,12). The Morgan fingerprint density at radius 2 is 2.54 bits per heavy atom. The molecule has 0 aromatic heterocycles. The number of nitrogens with one attached hydrogen (secondary N) is 2. The molecule has 0 aromatic carbocycles. The van der Waals surface area contributed by atoms with E-state index in [4.69, 9.17) is 4.74 Å². The fraction of sp³-hybridized carbons (Fsp3) is 0.889. The van der Waals surface area contributed by atoms with Crippen LogP contribution in [0.15, 0.2) is 0 Å². The van der Waals surface area contributed by atoms with Gasteiger partial charge >= 0.3 is 0 Å². The molecule has 1 unspecified atom stereocenters. The normalized spacial score (nSPS) is 23.6. The number of rotatable bonds is 3. The lowest BCUT2D eigenvalue weighted by Gasteiger charge is -2.13. The summed E-state index contributed by atoms with van der Waals surface area (Å²) in [6.45, 7) is 5.95. The average Bonchev–Trinajstić information content (AvgIpc) is 2.42. The van der Waals surface area contributed by atoms with Crippen LogP contribution in [-0.4, -0.2) is 38.8 Å². The van der Waals surface area contributed by atoms with Gasteiger partial charge in [-0.15, -0.1) is 0 Å². The van der Waals surface area contributed by atoms with E-state index >= 15 is 0 Å². The second-order valence-electron chi connectivity index (χ2n) is 3.30. The predicted molar refractivity (Wildman–Crippen MR) is 50.5 cm³/mol. The van der Waals surface area contributed by atoms with Crippen molar-refractivity contribution in [1.29, 1.82) is 0 Å². The first kappa shape index (κ1) is 10.5. The van der Waals surface area contributed by atoms with Crippen molar-refractivity contribution in [2.45, 2.75) is 13.3 Å². The second-order valence-corrected chi connectivity index (χ2v) is 3.30. The first-order valence-corrected chi connectivity index (χ1v) is 4.88. The zero-order valence-electron chi connectivity index (χ0n) is 8.14. The van der Waals surface area contributed by atoms with Crippen LogP contribution in [0.25, 0.3) is 0 Å². The van der Waals surface area contributed by atoms with Crippen molar-refractivity contribution in [1.82, 2.24) is 10.6 Å². The highest BCUT2D eigenvalue weighted by molar-refractivity contribution is 5.75. The Balaban J connectivity index is 2.15. The van der Waals surface area contributed by atoms with Crippen LogP contribution < -0.4 is 10.6 Å². The molecule has 1 fully saturated rings. The summed E-state index contributed by atoms with van der Waals surface area (Å²) in [5, 5.41) is 6.13. The number of carbonyl (C=O) groups is 1. The molecule has 76 valence electrons. The summed E-state index contributed by atoms with van der Waals surface area (Å²) in [5.74, 6) is 0.530. The molecule has 1 aliphatic rings. The highest BCUT2D eigenvalue weighted by Gasteiger charge is 2.12. The topological polar surface area (TPSA) is 50.4 Å². The third kappa shape index (κ3) is 4.24. The van der Waals surface area contributed by atoms with Gasteiger partial charge in [-0.3, -0.25) is 4.79 Å². The third-order valence-corrected chi connectivity index (χ3v) is 2.12. The van der Waals surface area contributed by atoms with Crippen molar-refractivity contribution in [3.8, 4) is 0 Å². The molecule has 1 atom stereocenters. The molecule has 4 heteroatoms. The summed E-state index contributed by atoms with van der Waals surface area (Å²) in [4.78, 5) is 11.0. The number of hydrogen-bond acceptors (Lipinski definition) is 3. The van der Waals surface area contributed by atoms with Crippen molar-refractivity contribution >= 4 is 5.91 Å². The Kier molecular flexibility index (Phi) is 4.78. The fourth-order valence-corrected chi connectivity index (χ4v) is 1.27. The van der Waals surface area contributed by atoms with E-state index in [2.05, 4.69) is 10.6 Å². The lowest BCUT2D eigenvalue weighted by Crippen LogP contribution is -2.34. The van der Waals surface area contributed by atoms with E-state index in [1.54, 1.807) is 0 Å². The summed E-state index contributed by atoms with van der Waals surface area (Å²) >= 11 is 0. The third-order valence-electron chi connectivity index (χ3n) is 2.12. The molecular formula is C9H18N2O2. The molecule has 4 nitrogen and oxygen atoms in total. The number of hydrogen-bond donors (Lipinski definition) is 2. The molecule has 1 aliphatic heterocycles. The van der Waals surface area contributed by atoms with Crippen molar-refractivity contribution in [3.63, 3.8) is 0 Å². The molecule has 1 saturated heterocycles. The van der Waals surface area contributed by atoms with Crippen LogP contribution in [0, 0.1) is 5.92 Å². The molecule has 2 N–H and O–H groups in total. The zero-order valence-corrected chi connectivity index (χ0v) is 8.14. The van der Waals surface area contributed by atoms with Gasteiger partial charge in [0.15, 0.2) is 0 Å². The minimum atomic E-state index is 0.115. The maximum atomic E-state index is 11.0. The highest BCUT2D eigenvalue weighted by Crippen LogP contribution is 1.97. The molecule has 0 spiro atoms. The van der Waals surface area contributed by atoms with Crippen molar-refractivity contribution < 1.29 is 9.53 Å². The average molecular weight is 186 g/mol. The molecule has 1 rings (SSSR count). The molecule has 1 amide bonds. The van der Waals surface area contributed by atoms with Gasteiger partial charge < -0.3 is 15.4 Å². The second kappa shape index (κ2) is 5.94. The monoisotopic (exact) mass is 186 g/mol. The van der Waals surface area contributed by atoms with Gasteiger partial charge in [-0.2, -0.15) is 0 Å². The first-order chi connectivity index (χ1) is 6.33. The first-order valence-electron chi connectivity index (χ1n) is 4.88. The van der Waals surface area contributed by atoms with Gasteiger partial charge in [0, 0.05) is 32.0 Å². The van der Waals surface area contributed by atoms with E-state index in [9.17, 15) is 4.79 Å². The molecule has 13 heavy (non-hydrogen) atoms. The number of ether oxygens (including phenoxy) is 1. The van der Waals surface area contributed by atoms with E-state index in [1.165, 1.54) is 0 Å². The van der Waals surface area contributed by atoms with Crippen LogP contribution in [0.1, 0.15) is 13.3 Å². The van der Waals surface area contributed by atoms with Gasteiger partial charge in [-0.25, -0.2) is 0 Å². The molecule has 0 saturated carbocycles. The molecule has 0 aromatic rings. The zero-order chi connectivity index (χ0) is 9.52. The fourth-order valence-electron chi connectivity index (χ4n) is 1.27. The summed E-state index contributed by atoms with van der Waals surface area (Å²) in [7, 11) is 0. The van der Waals surface area contributed by atoms with Gasteiger partial charge in [-0.05, 0) is 0 Å². The van der Waals surface area contributed by atoms with Gasteiger partial charge in [0.1, 0.15) is 0 Å². The Labute approximate surface area is 79.0 Å². The smallest absolute Gasteiger partial charge is 0.219 e. The Bertz CT molecular complexity index is 154. The van der Waals surface area contributed by atoms with E-state index in [0.717, 1.165) is 32.8 Å². The predicted octanol–water partition coefficient (Wildman–Crippen LogP) is -0.251. The lowest BCUT2D eigenvalue weighted by atomic mass is 10.1. The molecule has 0 radical (unpaired) electrons. The molecule has 0 bridgehead atoms. The van der Waals surface area contributed by atoms with Crippen molar-refractivity contribution in [3.05, 3.63) is 0 Å². The Morgan fingerprint density at radius 3 is 3.31 bits per heavy atom. The molecular weight excluding hydrogens is 168 g/mol. The van der Waals surface area contributed by atoms with Crippen LogP contribution in [-0.2, 0) is 9.53 Å². The van der Waals surface area contributed by atoms with Crippen LogP contribution >= 0.6 is 0 Å². The molecule has 1 heterocycles. The van der Waals surface area contributed by atoms with Crippen LogP contribution in [0.5, 0.6) is 0 Å². The van der Waals surface area contributed by atoms with Gasteiger partial charge in [0.05, 0.1) is 13.2 Å². The Morgan fingerprint density at radius 1 is 1.69 bits per heavy atom. The minimum Gasteiger partial charge on any atom is -0.380 e. The van der Waals surface area contributed by atoms with E-state index in [1.807, 2.05) is 6.92 Å². The maximum Gasteiger partial charge on any atom is 0.219 e. The van der Waals surface area contributed by atoms with Gasteiger partial charge in [-0.1, -0.05) is 6.92 Å². The number of amides is 1. The quantitative estimate of drug-likeness (QED) is 0.639. The van der Waals surface area contributed by atoms with E-state index in [-0.39, 0.29) is 5.91 Å². The van der Waals surface area contributed by atoms with E-state index in [0.29, 0.717) is 12.3 Å². The lowest BCUT2D eigenvalue weighted by molar-refractivity contribution is -0.121. The van der Waals surface area contributed by atoms with E-state index < -0.39 is 0 Å². The number of carbonyl (C=O) groups excluding carboxylic acids is 1. The van der Waals surface area contributed by atoms with Crippen LogP contribution in [0.2, 0.25) is 0 Å². The van der Waals surface area contributed by atoms with Gasteiger partial charge in [0.2, 0.25) is 5.91 Å². The van der Waals surface area contributed by atoms with Crippen LogP contribution in [0.3, 0.4) is 0 Å².